The number of rotatable bonds is 3. The van der Waals surface area contributed by atoms with Gasteiger partial charge in [-0.2, -0.15) is 0 Å². The standard InChI is InChI=1S/C12H16BrClN2O/c1-16(11-2-4-17-5-3-11)12-9(7-14)6-10(13)8-15-12/h6,8,11H,2-5,7H2,1H3. The number of nitrogens with zero attached hydrogens (tertiary/aromatic N) is 2. The molecule has 1 aromatic heterocycles. The van der Waals surface area contributed by atoms with Crippen LogP contribution in [0.25, 0.3) is 0 Å². The van der Waals surface area contributed by atoms with Crippen LogP contribution in [0.3, 0.4) is 0 Å². The number of aromatic nitrogens is 1. The quantitative estimate of drug-likeness (QED) is 0.800. The van der Waals surface area contributed by atoms with Gasteiger partial charge < -0.3 is 9.64 Å². The second-order valence-electron chi connectivity index (χ2n) is 4.22. The number of pyridine rings is 1. The molecule has 0 atom stereocenters. The van der Waals surface area contributed by atoms with Gasteiger partial charge in [0.1, 0.15) is 5.82 Å². The molecule has 1 fully saturated rings. The largest absolute Gasteiger partial charge is 0.381 e. The summed E-state index contributed by atoms with van der Waals surface area (Å²) < 4.78 is 6.35. The van der Waals surface area contributed by atoms with Crippen LogP contribution in [0.2, 0.25) is 0 Å². The fraction of sp³-hybridized carbons (Fsp3) is 0.583. The molecule has 3 nitrogen and oxygen atoms in total. The molecule has 2 rings (SSSR count). The lowest BCUT2D eigenvalue weighted by atomic mass is 10.1. The van der Waals surface area contributed by atoms with Crippen molar-refractivity contribution in [2.45, 2.75) is 24.8 Å². The van der Waals surface area contributed by atoms with Crippen molar-refractivity contribution in [1.29, 1.82) is 0 Å². The molecular weight excluding hydrogens is 304 g/mol. The summed E-state index contributed by atoms with van der Waals surface area (Å²) in [5.41, 5.74) is 1.06. The summed E-state index contributed by atoms with van der Waals surface area (Å²) in [6.45, 7) is 1.67. The van der Waals surface area contributed by atoms with Crippen LogP contribution < -0.4 is 4.90 Å². The van der Waals surface area contributed by atoms with Gasteiger partial charge in [0, 0.05) is 42.5 Å². The first-order valence-electron chi connectivity index (χ1n) is 5.73. The normalized spacial score (nSPS) is 17.1. The topological polar surface area (TPSA) is 25.4 Å². The van der Waals surface area contributed by atoms with Gasteiger partial charge in [-0.15, -0.1) is 11.6 Å². The van der Waals surface area contributed by atoms with Crippen molar-refractivity contribution in [3.8, 4) is 0 Å². The molecule has 0 radical (unpaired) electrons. The third-order valence-electron chi connectivity index (χ3n) is 3.13. The number of hydrogen-bond acceptors (Lipinski definition) is 3. The average Bonchev–Trinajstić information content (AvgIpc) is 2.39. The number of anilines is 1. The Morgan fingerprint density at radius 1 is 1.53 bits per heavy atom. The van der Waals surface area contributed by atoms with Crippen molar-refractivity contribution in [1.82, 2.24) is 4.98 Å². The van der Waals surface area contributed by atoms with Crippen LogP contribution in [-0.4, -0.2) is 31.3 Å². The van der Waals surface area contributed by atoms with Crippen LogP contribution in [0, 0.1) is 0 Å². The van der Waals surface area contributed by atoms with Crippen LogP contribution in [0.15, 0.2) is 16.7 Å². The molecule has 0 aromatic carbocycles. The number of hydrogen-bond donors (Lipinski definition) is 0. The van der Waals surface area contributed by atoms with Gasteiger partial charge >= 0.3 is 0 Å². The van der Waals surface area contributed by atoms with Gasteiger partial charge in [-0.3, -0.25) is 0 Å². The molecule has 94 valence electrons. The molecule has 0 N–H and O–H groups in total. The van der Waals surface area contributed by atoms with Crippen molar-refractivity contribution >= 4 is 33.3 Å². The average molecular weight is 320 g/mol. The van der Waals surface area contributed by atoms with Crippen LogP contribution in [-0.2, 0) is 10.6 Å². The van der Waals surface area contributed by atoms with Crippen LogP contribution >= 0.6 is 27.5 Å². The predicted molar refractivity (Wildman–Crippen MR) is 73.7 cm³/mol. The summed E-state index contributed by atoms with van der Waals surface area (Å²) in [5.74, 6) is 1.46. The van der Waals surface area contributed by atoms with Gasteiger partial charge in [-0.1, -0.05) is 0 Å². The lowest BCUT2D eigenvalue weighted by Crippen LogP contribution is -2.37. The third-order valence-corrected chi connectivity index (χ3v) is 3.85. The molecule has 2 heterocycles. The highest BCUT2D eigenvalue weighted by atomic mass is 79.9. The van der Waals surface area contributed by atoms with E-state index in [9.17, 15) is 0 Å². The second kappa shape index (κ2) is 6.03. The Labute approximate surface area is 115 Å². The molecule has 0 bridgehead atoms. The smallest absolute Gasteiger partial charge is 0.133 e. The Kier molecular flexibility index (Phi) is 4.65. The molecule has 1 aliphatic rings. The van der Waals surface area contributed by atoms with Crippen molar-refractivity contribution in [2.24, 2.45) is 0 Å². The zero-order valence-corrected chi connectivity index (χ0v) is 12.2. The van der Waals surface area contributed by atoms with Gasteiger partial charge in [0.25, 0.3) is 0 Å². The van der Waals surface area contributed by atoms with Gasteiger partial charge in [0.05, 0.1) is 5.88 Å². The van der Waals surface area contributed by atoms with Crippen molar-refractivity contribution < 1.29 is 4.74 Å². The van der Waals surface area contributed by atoms with E-state index in [1.54, 1.807) is 0 Å². The highest BCUT2D eigenvalue weighted by Gasteiger charge is 2.21. The maximum Gasteiger partial charge on any atom is 0.133 e. The Hall–Kier alpha value is -0.320. The summed E-state index contributed by atoms with van der Waals surface area (Å²) in [7, 11) is 2.09. The molecule has 0 aliphatic carbocycles. The van der Waals surface area contributed by atoms with Crippen LogP contribution in [0.5, 0.6) is 0 Å². The fourth-order valence-corrected chi connectivity index (χ4v) is 2.71. The first-order valence-corrected chi connectivity index (χ1v) is 7.06. The van der Waals surface area contributed by atoms with Gasteiger partial charge in [0.2, 0.25) is 0 Å². The molecule has 1 aliphatic heterocycles. The molecule has 0 spiro atoms. The summed E-state index contributed by atoms with van der Waals surface area (Å²) in [6.07, 6.45) is 3.92. The number of halogens is 2. The minimum Gasteiger partial charge on any atom is -0.381 e. The van der Waals surface area contributed by atoms with Crippen molar-refractivity contribution in [3.63, 3.8) is 0 Å². The summed E-state index contributed by atoms with van der Waals surface area (Å²) >= 11 is 9.40. The predicted octanol–water partition coefficient (Wildman–Crippen LogP) is 3.20. The lowest BCUT2D eigenvalue weighted by Gasteiger charge is -2.33. The molecule has 0 unspecified atom stereocenters. The summed E-state index contributed by atoms with van der Waals surface area (Å²) in [4.78, 5) is 6.71. The van der Waals surface area contributed by atoms with E-state index in [-0.39, 0.29) is 0 Å². The molecule has 17 heavy (non-hydrogen) atoms. The van der Waals surface area contributed by atoms with Crippen LogP contribution in [0.1, 0.15) is 18.4 Å². The maximum absolute atomic E-state index is 5.97. The first-order chi connectivity index (χ1) is 8.22. The van der Waals surface area contributed by atoms with E-state index in [0.29, 0.717) is 11.9 Å². The lowest BCUT2D eigenvalue weighted by molar-refractivity contribution is 0.0853. The minimum absolute atomic E-state index is 0.481. The molecule has 0 saturated carbocycles. The molecule has 1 aromatic rings. The summed E-state index contributed by atoms with van der Waals surface area (Å²) in [6, 6.07) is 2.53. The molecular formula is C12H16BrClN2O. The Morgan fingerprint density at radius 3 is 2.88 bits per heavy atom. The van der Waals surface area contributed by atoms with E-state index in [4.69, 9.17) is 16.3 Å². The van der Waals surface area contributed by atoms with E-state index >= 15 is 0 Å². The minimum atomic E-state index is 0.481. The molecule has 1 saturated heterocycles. The van der Waals surface area contributed by atoms with E-state index in [2.05, 4.69) is 32.9 Å². The van der Waals surface area contributed by atoms with E-state index in [0.717, 1.165) is 41.9 Å². The molecule has 5 heteroatoms. The second-order valence-corrected chi connectivity index (χ2v) is 5.41. The highest BCUT2D eigenvalue weighted by molar-refractivity contribution is 9.10. The highest BCUT2D eigenvalue weighted by Crippen LogP contribution is 2.26. The zero-order valence-electron chi connectivity index (χ0n) is 9.83. The van der Waals surface area contributed by atoms with Gasteiger partial charge in [0.15, 0.2) is 0 Å². The number of alkyl halides is 1. The summed E-state index contributed by atoms with van der Waals surface area (Å²) in [5, 5.41) is 0. The van der Waals surface area contributed by atoms with E-state index in [1.807, 2.05) is 12.3 Å². The van der Waals surface area contributed by atoms with Gasteiger partial charge in [-0.05, 0) is 34.8 Å². The van der Waals surface area contributed by atoms with E-state index in [1.165, 1.54) is 0 Å². The Bertz CT molecular complexity index is 383. The zero-order chi connectivity index (χ0) is 12.3. The third kappa shape index (κ3) is 3.12. The maximum atomic E-state index is 5.97. The van der Waals surface area contributed by atoms with Crippen molar-refractivity contribution in [2.75, 3.05) is 25.2 Å². The van der Waals surface area contributed by atoms with Gasteiger partial charge in [-0.25, -0.2) is 4.98 Å². The Morgan fingerprint density at radius 2 is 2.24 bits per heavy atom. The number of ether oxygens (including phenoxy) is 1. The Balaban J connectivity index is 2.19. The molecule has 0 amide bonds. The van der Waals surface area contributed by atoms with E-state index < -0.39 is 0 Å². The SMILES string of the molecule is CN(c1ncc(Br)cc1CCl)C1CCOCC1. The van der Waals surface area contributed by atoms with Crippen molar-refractivity contribution in [3.05, 3.63) is 22.3 Å². The monoisotopic (exact) mass is 318 g/mol. The van der Waals surface area contributed by atoms with Crippen LogP contribution in [0.4, 0.5) is 5.82 Å². The fourth-order valence-electron chi connectivity index (χ4n) is 2.14. The first kappa shape index (κ1) is 13.1.